The molecule has 0 amide bonds. The Bertz CT molecular complexity index is 271. The van der Waals surface area contributed by atoms with Gasteiger partial charge in [0.2, 0.25) is 0 Å². The lowest BCUT2D eigenvalue weighted by molar-refractivity contribution is -0.579. The van der Waals surface area contributed by atoms with E-state index in [1.807, 2.05) is 32.6 Å². The molecule has 0 aromatic carbocycles. The second kappa shape index (κ2) is 5.75. The van der Waals surface area contributed by atoms with Crippen molar-refractivity contribution >= 4 is 0 Å². The summed E-state index contributed by atoms with van der Waals surface area (Å²) in [4.78, 5) is 13.1. The molecule has 0 aromatic heterocycles. The molecule has 0 spiro atoms. The van der Waals surface area contributed by atoms with Gasteiger partial charge in [-0.05, 0) is 13.8 Å². The number of nitro groups is 1. The molecule has 1 heterocycles. The fraction of sp³-hybridized carbons (Fsp3) is 1.00. The Morgan fingerprint density at radius 2 is 2.12 bits per heavy atom. The van der Waals surface area contributed by atoms with Crippen LogP contribution in [0.15, 0.2) is 0 Å². The fourth-order valence-electron chi connectivity index (χ4n) is 1.83. The van der Waals surface area contributed by atoms with Gasteiger partial charge in [-0.25, -0.2) is 0 Å². The van der Waals surface area contributed by atoms with Crippen LogP contribution >= 0.6 is 0 Å². The second-order valence-electron chi connectivity index (χ2n) is 5.34. The van der Waals surface area contributed by atoms with Crippen molar-refractivity contribution in [2.75, 3.05) is 26.4 Å². The van der Waals surface area contributed by atoms with Crippen molar-refractivity contribution < 1.29 is 9.66 Å². The number of nitrogens with zero attached hydrogens (tertiary/aromatic N) is 2. The smallest absolute Gasteiger partial charge is 0.269 e. The van der Waals surface area contributed by atoms with Gasteiger partial charge in [-0.2, -0.15) is 0 Å². The third-order valence-electron chi connectivity index (χ3n) is 3.08. The van der Waals surface area contributed by atoms with E-state index in [4.69, 9.17) is 4.74 Å². The first kappa shape index (κ1) is 14.3. The Morgan fingerprint density at radius 1 is 1.47 bits per heavy atom. The van der Waals surface area contributed by atoms with Gasteiger partial charge in [-0.3, -0.25) is 15.0 Å². The lowest BCUT2D eigenvalue weighted by Crippen LogP contribution is -2.63. The molecular weight excluding hydrogens is 222 g/mol. The summed E-state index contributed by atoms with van der Waals surface area (Å²) < 4.78 is 5.40. The van der Waals surface area contributed by atoms with Gasteiger partial charge in [0.15, 0.2) is 0 Å². The van der Waals surface area contributed by atoms with Crippen LogP contribution < -0.4 is 5.32 Å². The number of hydrogen-bond acceptors (Lipinski definition) is 5. The molecule has 1 saturated heterocycles. The first-order valence-corrected chi connectivity index (χ1v) is 6.07. The highest BCUT2D eigenvalue weighted by molar-refractivity contribution is 4.89. The Kier molecular flexibility index (Phi) is 4.85. The Balaban J connectivity index is 2.73. The van der Waals surface area contributed by atoms with Crippen molar-refractivity contribution in [2.24, 2.45) is 0 Å². The molecule has 1 rings (SSSR count). The molecule has 100 valence electrons. The highest BCUT2D eigenvalue weighted by Crippen LogP contribution is 2.19. The van der Waals surface area contributed by atoms with Crippen molar-refractivity contribution in [3.63, 3.8) is 0 Å². The summed E-state index contributed by atoms with van der Waals surface area (Å²) in [5, 5.41) is 14.5. The summed E-state index contributed by atoms with van der Waals surface area (Å²) >= 11 is 0. The first-order valence-electron chi connectivity index (χ1n) is 6.07. The molecule has 1 N–H and O–H groups in total. The van der Waals surface area contributed by atoms with E-state index >= 15 is 0 Å². The van der Waals surface area contributed by atoms with E-state index in [1.54, 1.807) is 0 Å². The number of ether oxygens (including phenoxy) is 1. The average Bonchev–Trinajstić information content (AvgIpc) is 2.26. The predicted molar refractivity (Wildman–Crippen MR) is 65.5 cm³/mol. The molecule has 0 saturated carbocycles. The zero-order chi connectivity index (χ0) is 13.1. The average molecular weight is 245 g/mol. The Hall–Kier alpha value is -0.720. The van der Waals surface area contributed by atoms with Gasteiger partial charge >= 0.3 is 0 Å². The van der Waals surface area contributed by atoms with Gasteiger partial charge in [-0.15, -0.1) is 0 Å². The molecule has 1 unspecified atom stereocenters. The van der Waals surface area contributed by atoms with Crippen molar-refractivity contribution in [3.8, 4) is 0 Å². The summed E-state index contributed by atoms with van der Waals surface area (Å²) in [7, 11) is 0. The van der Waals surface area contributed by atoms with Crippen LogP contribution in [0.2, 0.25) is 0 Å². The quantitative estimate of drug-likeness (QED) is 0.570. The van der Waals surface area contributed by atoms with Crippen LogP contribution in [0.4, 0.5) is 0 Å². The van der Waals surface area contributed by atoms with Crippen LogP contribution in [-0.2, 0) is 4.74 Å². The molecule has 6 nitrogen and oxygen atoms in total. The lowest BCUT2D eigenvalue weighted by Gasteiger charge is -2.38. The molecule has 0 bridgehead atoms. The van der Waals surface area contributed by atoms with E-state index < -0.39 is 5.54 Å². The number of rotatable bonds is 5. The van der Waals surface area contributed by atoms with Crippen LogP contribution in [0.5, 0.6) is 0 Å². The van der Waals surface area contributed by atoms with E-state index in [0.717, 1.165) is 0 Å². The molecule has 1 aliphatic heterocycles. The molecule has 1 aliphatic rings. The SMILES string of the molecule is CC(C)NCC1([N+](=O)[O-])COCN(C(C)C)C1. The van der Waals surface area contributed by atoms with Crippen molar-refractivity contribution in [3.05, 3.63) is 10.1 Å². The van der Waals surface area contributed by atoms with Crippen molar-refractivity contribution in [2.45, 2.75) is 45.3 Å². The molecule has 0 radical (unpaired) electrons. The fourth-order valence-corrected chi connectivity index (χ4v) is 1.83. The maximum absolute atomic E-state index is 11.3. The van der Waals surface area contributed by atoms with Crippen LogP contribution in [0.1, 0.15) is 27.7 Å². The minimum absolute atomic E-state index is 0.183. The second-order valence-corrected chi connectivity index (χ2v) is 5.34. The zero-order valence-electron chi connectivity index (χ0n) is 11.1. The first-order chi connectivity index (χ1) is 7.87. The predicted octanol–water partition coefficient (Wildman–Crippen LogP) is 0.698. The maximum atomic E-state index is 11.3. The summed E-state index contributed by atoms with van der Waals surface area (Å²) in [6, 6.07) is 0.495. The molecule has 0 aliphatic carbocycles. The summed E-state index contributed by atoms with van der Waals surface area (Å²) in [6.07, 6.45) is 0. The van der Waals surface area contributed by atoms with Crippen LogP contribution in [-0.4, -0.2) is 53.9 Å². The summed E-state index contributed by atoms with van der Waals surface area (Å²) in [5.74, 6) is 0. The van der Waals surface area contributed by atoms with Crippen molar-refractivity contribution in [1.82, 2.24) is 10.2 Å². The van der Waals surface area contributed by atoms with E-state index in [2.05, 4.69) is 5.32 Å². The molecule has 1 fully saturated rings. The highest BCUT2D eigenvalue weighted by Gasteiger charge is 2.47. The van der Waals surface area contributed by atoms with E-state index in [0.29, 0.717) is 19.8 Å². The van der Waals surface area contributed by atoms with Gasteiger partial charge in [0.25, 0.3) is 5.54 Å². The zero-order valence-corrected chi connectivity index (χ0v) is 11.1. The van der Waals surface area contributed by atoms with Crippen LogP contribution in [0.3, 0.4) is 0 Å². The largest absolute Gasteiger partial charge is 0.358 e. The minimum atomic E-state index is -1.02. The van der Waals surface area contributed by atoms with Gasteiger partial charge in [0.1, 0.15) is 6.61 Å². The van der Waals surface area contributed by atoms with Gasteiger partial charge in [-0.1, -0.05) is 13.8 Å². The van der Waals surface area contributed by atoms with E-state index in [9.17, 15) is 10.1 Å². The maximum Gasteiger partial charge on any atom is 0.269 e. The van der Waals surface area contributed by atoms with E-state index in [1.165, 1.54) is 0 Å². The van der Waals surface area contributed by atoms with E-state index in [-0.39, 0.29) is 23.6 Å². The van der Waals surface area contributed by atoms with Crippen LogP contribution in [0.25, 0.3) is 0 Å². The van der Waals surface area contributed by atoms with Gasteiger partial charge in [0.05, 0.1) is 19.8 Å². The molecule has 17 heavy (non-hydrogen) atoms. The third-order valence-corrected chi connectivity index (χ3v) is 3.08. The summed E-state index contributed by atoms with van der Waals surface area (Å²) in [6.45, 7) is 9.47. The monoisotopic (exact) mass is 245 g/mol. The number of nitrogens with one attached hydrogen (secondary N) is 1. The topological polar surface area (TPSA) is 67.6 Å². The third kappa shape index (κ3) is 3.62. The number of hydrogen-bond donors (Lipinski definition) is 1. The Morgan fingerprint density at radius 3 is 2.59 bits per heavy atom. The highest BCUT2D eigenvalue weighted by atomic mass is 16.6. The molecule has 1 atom stereocenters. The van der Waals surface area contributed by atoms with Gasteiger partial charge in [0, 0.05) is 17.0 Å². The normalized spacial score (nSPS) is 26.7. The van der Waals surface area contributed by atoms with Crippen molar-refractivity contribution in [1.29, 1.82) is 0 Å². The minimum Gasteiger partial charge on any atom is -0.358 e. The summed E-state index contributed by atoms with van der Waals surface area (Å²) in [5.41, 5.74) is -1.02. The Labute approximate surface area is 102 Å². The molecular formula is C11H23N3O3. The van der Waals surface area contributed by atoms with Crippen LogP contribution in [0, 0.1) is 10.1 Å². The van der Waals surface area contributed by atoms with Gasteiger partial charge < -0.3 is 10.1 Å². The molecule has 0 aromatic rings. The lowest BCUT2D eigenvalue weighted by atomic mass is 9.98. The molecule has 6 heteroatoms. The standard InChI is InChI=1S/C11H23N3O3/c1-9(2)12-5-11(14(15)16)6-13(10(3)4)8-17-7-11/h9-10,12H,5-8H2,1-4H3.